The lowest BCUT2D eigenvalue weighted by Gasteiger charge is -2.28. The minimum atomic E-state index is -1.21. The van der Waals surface area contributed by atoms with Crippen LogP contribution in [0.15, 0.2) is 5.51 Å². The van der Waals surface area contributed by atoms with Gasteiger partial charge in [-0.3, -0.25) is 0 Å². The van der Waals surface area contributed by atoms with Gasteiger partial charge in [-0.2, -0.15) is 5.26 Å². The van der Waals surface area contributed by atoms with Crippen molar-refractivity contribution in [2.45, 2.75) is 50.8 Å². The molecule has 0 bridgehead atoms. The highest BCUT2D eigenvalue weighted by Crippen LogP contribution is 2.29. The van der Waals surface area contributed by atoms with Gasteiger partial charge in [-0.15, -0.1) is 11.3 Å². The maximum absolute atomic E-state index is 12.1. The summed E-state index contributed by atoms with van der Waals surface area (Å²) in [5, 5.41) is 9.33. The van der Waals surface area contributed by atoms with E-state index in [4.69, 9.17) is 0 Å². The van der Waals surface area contributed by atoms with Crippen molar-refractivity contribution in [3.8, 4) is 6.07 Å². The SMILES string of the molecule is CC(C)(C)S(=O)NC(C#N)C1CCc2scnc2C1. The van der Waals surface area contributed by atoms with Crippen molar-refractivity contribution in [1.82, 2.24) is 9.71 Å². The van der Waals surface area contributed by atoms with Gasteiger partial charge in [0.15, 0.2) is 0 Å². The first-order chi connectivity index (χ1) is 8.91. The van der Waals surface area contributed by atoms with Gasteiger partial charge < -0.3 is 0 Å². The van der Waals surface area contributed by atoms with Crippen LogP contribution in [-0.4, -0.2) is 20.0 Å². The quantitative estimate of drug-likeness (QED) is 0.930. The molecule has 0 amide bonds. The maximum atomic E-state index is 12.1. The van der Waals surface area contributed by atoms with Gasteiger partial charge in [0, 0.05) is 4.88 Å². The highest BCUT2D eigenvalue weighted by Gasteiger charge is 2.31. The van der Waals surface area contributed by atoms with E-state index in [1.165, 1.54) is 4.88 Å². The summed E-state index contributed by atoms with van der Waals surface area (Å²) in [6, 6.07) is 1.90. The van der Waals surface area contributed by atoms with E-state index in [1.54, 1.807) is 11.3 Å². The number of nitrogens with one attached hydrogen (secondary N) is 1. The molecule has 1 aliphatic rings. The Labute approximate surface area is 120 Å². The molecule has 0 radical (unpaired) electrons. The molecule has 0 fully saturated rings. The van der Waals surface area contributed by atoms with Crippen LogP contribution >= 0.6 is 11.3 Å². The molecule has 3 unspecified atom stereocenters. The third-order valence-electron chi connectivity index (χ3n) is 3.32. The molecule has 0 saturated carbocycles. The van der Waals surface area contributed by atoms with Crippen LogP contribution in [0.4, 0.5) is 0 Å². The Morgan fingerprint density at radius 2 is 2.37 bits per heavy atom. The fourth-order valence-electron chi connectivity index (χ4n) is 2.13. The van der Waals surface area contributed by atoms with Crippen molar-refractivity contribution >= 4 is 22.3 Å². The number of hydrogen-bond acceptors (Lipinski definition) is 4. The summed E-state index contributed by atoms with van der Waals surface area (Å²) >= 11 is 1.69. The van der Waals surface area contributed by atoms with Crippen molar-refractivity contribution in [3.63, 3.8) is 0 Å². The predicted molar refractivity (Wildman–Crippen MR) is 78.1 cm³/mol. The normalized spacial score (nSPS) is 22.3. The molecule has 4 nitrogen and oxygen atoms in total. The molecule has 104 valence electrons. The molecule has 1 heterocycles. The van der Waals surface area contributed by atoms with Crippen LogP contribution < -0.4 is 4.72 Å². The van der Waals surface area contributed by atoms with Crippen LogP contribution in [0.3, 0.4) is 0 Å². The van der Waals surface area contributed by atoms with Gasteiger partial charge in [0.1, 0.15) is 6.04 Å². The third-order valence-corrected chi connectivity index (χ3v) is 5.84. The number of nitrogens with zero attached hydrogens (tertiary/aromatic N) is 2. The van der Waals surface area contributed by atoms with E-state index in [-0.39, 0.29) is 16.7 Å². The van der Waals surface area contributed by atoms with Crippen LogP contribution in [0.2, 0.25) is 0 Å². The van der Waals surface area contributed by atoms with Crippen LogP contribution in [0, 0.1) is 17.2 Å². The van der Waals surface area contributed by atoms with Gasteiger partial charge in [-0.05, 0) is 46.0 Å². The molecule has 19 heavy (non-hydrogen) atoms. The van der Waals surface area contributed by atoms with E-state index in [9.17, 15) is 9.47 Å². The fraction of sp³-hybridized carbons (Fsp3) is 0.692. The van der Waals surface area contributed by atoms with Crippen LogP contribution in [-0.2, 0) is 23.8 Å². The third kappa shape index (κ3) is 3.41. The maximum Gasteiger partial charge on any atom is 0.110 e. The van der Waals surface area contributed by atoms with Crippen LogP contribution in [0.5, 0.6) is 0 Å². The number of aryl methyl sites for hydroxylation is 1. The van der Waals surface area contributed by atoms with Gasteiger partial charge in [-0.25, -0.2) is 13.9 Å². The molecule has 2 rings (SSSR count). The van der Waals surface area contributed by atoms with Crippen molar-refractivity contribution < 1.29 is 4.21 Å². The Bertz CT molecular complexity index is 513. The molecular formula is C13H19N3OS2. The summed E-state index contributed by atoms with van der Waals surface area (Å²) in [5.74, 6) is 0.200. The summed E-state index contributed by atoms with van der Waals surface area (Å²) in [6.45, 7) is 5.72. The highest BCUT2D eigenvalue weighted by atomic mass is 32.2. The molecule has 0 spiro atoms. The number of nitriles is 1. The van der Waals surface area contributed by atoms with Crippen molar-refractivity contribution in [2.75, 3.05) is 0 Å². The van der Waals surface area contributed by atoms with Gasteiger partial charge >= 0.3 is 0 Å². The number of aromatic nitrogens is 1. The average Bonchev–Trinajstić information content (AvgIpc) is 2.81. The molecule has 1 aromatic heterocycles. The zero-order valence-corrected chi connectivity index (χ0v) is 13.1. The van der Waals surface area contributed by atoms with E-state index in [0.717, 1.165) is 25.0 Å². The Balaban J connectivity index is 2.04. The topological polar surface area (TPSA) is 65.8 Å². The van der Waals surface area contributed by atoms with E-state index < -0.39 is 11.0 Å². The second kappa shape index (κ2) is 5.70. The Kier molecular flexibility index (Phi) is 4.39. The van der Waals surface area contributed by atoms with Gasteiger partial charge in [-0.1, -0.05) is 0 Å². The monoisotopic (exact) mass is 297 g/mol. The number of thiazole rings is 1. The average molecular weight is 297 g/mol. The first-order valence-electron chi connectivity index (χ1n) is 6.40. The minimum absolute atomic E-state index is 0.200. The second-order valence-electron chi connectivity index (χ2n) is 5.83. The minimum Gasteiger partial charge on any atom is -0.249 e. The Morgan fingerprint density at radius 3 is 3.00 bits per heavy atom. The van der Waals surface area contributed by atoms with E-state index in [1.807, 2.05) is 26.3 Å². The lowest BCUT2D eigenvalue weighted by atomic mass is 9.86. The molecular weight excluding hydrogens is 278 g/mol. The summed E-state index contributed by atoms with van der Waals surface area (Å²) in [4.78, 5) is 5.69. The van der Waals surface area contributed by atoms with Crippen molar-refractivity contribution in [3.05, 3.63) is 16.1 Å². The number of hydrogen-bond donors (Lipinski definition) is 1. The Morgan fingerprint density at radius 1 is 1.63 bits per heavy atom. The number of fused-ring (bicyclic) bond motifs is 1. The molecule has 3 atom stereocenters. The summed E-state index contributed by atoms with van der Waals surface area (Å²) in [6.07, 6.45) is 2.75. The first kappa shape index (κ1) is 14.6. The van der Waals surface area contributed by atoms with E-state index >= 15 is 0 Å². The standard InChI is InChI=1S/C13H19N3OS2/c1-13(2,3)19(17)16-11(7-14)9-4-5-12-10(6-9)15-8-18-12/h8-9,11,16H,4-6H2,1-3H3. The second-order valence-corrected chi connectivity index (χ2v) is 8.77. The van der Waals surface area contributed by atoms with Gasteiger partial charge in [0.05, 0.1) is 33.0 Å². The molecule has 0 saturated heterocycles. The predicted octanol–water partition coefficient (Wildman–Crippen LogP) is 2.19. The lowest BCUT2D eigenvalue weighted by Crippen LogP contribution is -2.44. The van der Waals surface area contributed by atoms with Crippen molar-refractivity contribution in [2.24, 2.45) is 5.92 Å². The molecule has 6 heteroatoms. The van der Waals surface area contributed by atoms with Crippen molar-refractivity contribution in [1.29, 1.82) is 5.26 Å². The molecule has 1 N–H and O–H groups in total. The lowest BCUT2D eigenvalue weighted by molar-refractivity contribution is 0.402. The molecule has 1 aromatic rings. The molecule has 0 aliphatic heterocycles. The summed E-state index contributed by atoms with van der Waals surface area (Å²) < 4.78 is 14.7. The smallest absolute Gasteiger partial charge is 0.110 e. The largest absolute Gasteiger partial charge is 0.249 e. The highest BCUT2D eigenvalue weighted by molar-refractivity contribution is 7.84. The summed E-state index contributed by atoms with van der Waals surface area (Å²) in [5.41, 5.74) is 2.99. The fourth-order valence-corrected chi connectivity index (χ4v) is 3.78. The van der Waals surface area contributed by atoms with Crippen LogP contribution in [0.1, 0.15) is 37.8 Å². The van der Waals surface area contributed by atoms with E-state index in [0.29, 0.717) is 0 Å². The molecule has 1 aliphatic carbocycles. The number of rotatable bonds is 3. The van der Waals surface area contributed by atoms with Crippen LogP contribution in [0.25, 0.3) is 0 Å². The first-order valence-corrected chi connectivity index (χ1v) is 8.43. The van der Waals surface area contributed by atoms with E-state index in [2.05, 4.69) is 15.8 Å². The Hall–Kier alpha value is -0.770. The van der Waals surface area contributed by atoms with Gasteiger partial charge in [0.25, 0.3) is 0 Å². The zero-order chi connectivity index (χ0) is 14.0. The van der Waals surface area contributed by atoms with Gasteiger partial charge in [0.2, 0.25) is 0 Å². The summed E-state index contributed by atoms with van der Waals surface area (Å²) in [7, 11) is -1.21. The molecule has 0 aromatic carbocycles. The zero-order valence-electron chi connectivity index (χ0n) is 11.5.